The van der Waals surface area contributed by atoms with E-state index in [2.05, 4.69) is 34.6 Å². The van der Waals surface area contributed by atoms with Crippen molar-refractivity contribution in [2.24, 2.45) is 22.7 Å². The highest BCUT2D eigenvalue weighted by Gasteiger charge is 2.46. The number of esters is 2. The Hall–Kier alpha value is -1.32. The van der Waals surface area contributed by atoms with Crippen LogP contribution in [0.25, 0.3) is 0 Å². The van der Waals surface area contributed by atoms with E-state index in [0.717, 1.165) is 32.1 Å². The Labute approximate surface area is 159 Å². The molecule has 0 saturated heterocycles. The predicted octanol–water partition coefficient (Wildman–Crippen LogP) is 5.31. The molecule has 4 heteroatoms. The van der Waals surface area contributed by atoms with Gasteiger partial charge in [0.25, 0.3) is 0 Å². The Bertz CT molecular complexity index is 489. The third kappa shape index (κ3) is 7.13. The molecule has 3 atom stereocenters. The second-order valence-electron chi connectivity index (χ2n) is 9.13. The number of hydrogen-bond donors (Lipinski definition) is 0. The van der Waals surface area contributed by atoms with Gasteiger partial charge in [-0.2, -0.15) is 0 Å². The minimum Gasteiger partial charge on any atom is -0.465 e. The summed E-state index contributed by atoms with van der Waals surface area (Å²) in [6.07, 6.45) is 8.98. The highest BCUT2D eigenvalue weighted by molar-refractivity contribution is 5.87. The third-order valence-electron chi connectivity index (χ3n) is 5.08. The molecular weight excluding hydrogens is 328 g/mol. The van der Waals surface area contributed by atoms with Crippen molar-refractivity contribution in [1.82, 2.24) is 0 Å². The van der Waals surface area contributed by atoms with Crippen LogP contribution in [0.4, 0.5) is 0 Å². The molecule has 1 rings (SSSR count). The predicted molar refractivity (Wildman–Crippen MR) is 105 cm³/mol. The van der Waals surface area contributed by atoms with E-state index in [4.69, 9.17) is 9.47 Å². The monoisotopic (exact) mass is 366 g/mol. The molecule has 0 radical (unpaired) electrons. The van der Waals surface area contributed by atoms with Crippen LogP contribution in [0.3, 0.4) is 0 Å². The van der Waals surface area contributed by atoms with Crippen molar-refractivity contribution in [2.45, 2.75) is 80.1 Å². The van der Waals surface area contributed by atoms with Crippen LogP contribution >= 0.6 is 0 Å². The second-order valence-corrected chi connectivity index (χ2v) is 9.13. The highest BCUT2D eigenvalue weighted by Crippen LogP contribution is 2.39. The molecule has 0 aromatic rings. The van der Waals surface area contributed by atoms with Crippen molar-refractivity contribution in [1.29, 1.82) is 0 Å². The summed E-state index contributed by atoms with van der Waals surface area (Å²) in [5.41, 5.74) is -0.640. The van der Waals surface area contributed by atoms with Gasteiger partial charge in [-0.15, -0.1) is 0 Å². The van der Waals surface area contributed by atoms with E-state index >= 15 is 0 Å². The lowest BCUT2D eigenvalue weighted by atomic mass is 9.71. The van der Waals surface area contributed by atoms with Gasteiger partial charge in [-0.1, -0.05) is 53.2 Å². The molecule has 26 heavy (non-hydrogen) atoms. The molecule has 150 valence electrons. The summed E-state index contributed by atoms with van der Waals surface area (Å²) in [4.78, 5) is 25.2. The highest BCUT2D eigenvalue weighted by atomic mass is 16.5. The quantitative estimate of drug-likeness (QED) is 0.315. The number of unbranched alkanes of at least 4 members (excludes halogenated alkanes) is 1. The zero-order valence-electron chi connectivity index (χ0n) is 17.6. The van der Waals surface area contributed by atoms with E-state index in [0.29, 0.717) is 25.6 Å². The lowest BCUT2D eigenvalue weighted by Crippen LogP contribution is -2.42. The summed E-state index contributed by atoms with van der Waals surface area (Å²) in [6, 6.07) is 0. The summed E-state index contributed by atoms with van der Waals surface area (Å²) < 4.78 is 11.0. The summed E-state index contributed by atoms with van der Waals surface area (Å²) in [5, 5.41) is 0. The van der Waals surface area contributed by atoms with Crippen molar-refractivity contribution >= 4 is 11.9 Å². The van der Waals surface area contributed by atoms with Gasteiger partial charge in [0.05, 0.1) is 24.5 Å². The molecule has 3 unspecified atom stereocenters. The summed E-state index contributed by atoms with van der Waals surface area (Å²) in [5.74, 6) is -0.545. The molecule has 0 amide bonds. The molecule has 4 nitrogen and oxygen atoms in total. The Kier molecular flexibility index (Phi) is 8.85. The number of ether oxygens (including phenoxy) is 2. The first-order chi connectivity index (χ1) is 12.1. The van der Waals surface area contributed by atoms with Crippen molar-refractivity contribution in [3.63, 3.8) is 0 Å². The number of rotatable bonds is 9. The summed E-state index contributed by atoms with van der Waals surface area (Å²) in [6.45, 7) is 13.5. The van der Waals surface area contributed by atoms with E-state index in [9.17, 15) is 9.59 Å². The van der Waals surface area contributed by atoms with E-state index in [1.54, 1.807) is 6.92 Å². The maximum Gasteiger partial charge on any atom is 0.316 e. The van der Waals surface area contributed by atoms with Crippen molar-refractivity contribution in [3.05, 3.63) is 12.2 Å². The molecule has 0 heterocycles. The fourth-order valence-corrected chi connectivity index (χ4v) is 3.65. The average Bonchev–Trinajstić information content (AvgIpc) is 2.53. The van der Waals surface area contributed by atoms with Gasteiger partial charge in [0.2, 0.25) is 0 Å². The lowest BCUT2D eigenvalue weighted by Gasteiger charge is -2.34. The first-order valence-electron chi connectivity index (χ1n) is 10.1. The number of hydrogen-bond acceptors (Lipinski definition) is 4. The zero-order valence-corrected chi connectivity index (χ0v) is 17.6. The third-order valence-corrected chi connectivity index (χ3v) is 5.08. The molecule has 0 N–H and O–H groups in total. The molecule has 0 saturated carbocycles. The molecule has 0 bridgehead atoms. The van der Waals surface area contributed by atoms with E-state index in [1.807, 2.05) is 12.2 Å². The van der Waals surface area contributed by atoms with Gasteiger partial charge < -0.3 is 9.47 Å². The topological polar surface area (TPSA) is 52.6 Å². The van der Waals surface area contributed by atoms with Crippen LogP contribution < -0.4 is 0 Å². The second kappa shape index (κ2) is 10.1. The fraction of sp³-hybridized carbons (Fsp3) is 0.818. The van der Waals surface area contributed by atoms with Gasteiger partial charge >= 0.3 is 11.9 Å². The molecule has 0 spiro atoms. The fourth-order valence-electron chi connectivity index (χ4n) is 3.65. The molecule has 0 fully saturated rings. The SMILES string of the molecule is CCCCOC(=O)C1(C)C=CCCC1C(=O)OCCC(C)CC(C)(C)C. The maximum atomic E-state index is 12.7. The number of allylic oxidation sites excluding steroid dienone is 1. The first-order valence-corrected chi connectivity index (χ1v) is 10.1. The average molecular weight is 367 g/mol. The van der Waals surface area contributed by atoms with Crippen molar-refractivity contribution < 1.29 is 19.1 Å². The molecule has 1 aliphatic rings. The van der Waals surface area contributed by atoms with Gasteiger partial charge in [-0.05, 0) is 50.4 Å². The molecular formula is C22H38O4. The number of carbonyl (C=O) groups excluding carboxylic acids is 2. The van der Waals surface area contributed by atoms with E-state index in [1.165, 1.54) is 0 Å². The van der Waals surface area contributed by atoms with Crippen LogP contribution in [0.2, 0.25) is 0 Å². The van der Waals surface area contributed by atoms with Crippen LogP contribution in [0.5, 0.6) is 0 Å². The van der Waals surface area contributed by atoms with E-state index in [-0.39, 0.29) is 17.4 Å². The van der Waals surface area contributed by atoms with Crippen LogP contribution in [0, 0.1) is 22.7 Å². The van der Waals surface area contributed by atoms with Crippen LogP contribution in [0.15, 0.2) is 12.2 Å². The van der Waals surface area contributed by atoms with Crippen molar-refractivity contribution in [2.75, 3.05) is 13.2 Å². The minimum absolute atomic E-state index is 0.271. The Morgan fingerprint density at radius 1 is 1.23 bits per heavy atom. The normalized spacial score (nSPS) is 24.2. The Balaban J connectivity index is 2.59. The van der Waals surface area contributed by atoms with Gasteiger partial charge in [-0.25, -0.2) is 0 Å². The molecule has 0 aromatic carbocycles. The van der Waals surface area contributed by atoms with Crippen LogP contribution in [-0.2, 0) is 19.1 Å². The summed E-state index contributed by atoms with van der Waals surface area (Å²) >= 11 is 0. The largest absolute Gasteiger partial charge is 0.465 e. The van der Waals surface area contributed by atoms with E-state index < -0.39 is 11.3 Å². The Morgan fingerprint density at radius 2 is 1.92 bits per heavy atom. The van der Waals surface area contributed by atoms with Gasteiger partial charge in [0.15, 0.2) is 0 Å². The zero-order chi connectivity index (χ0) is 19.8. The van der Waals surface area contributed by atoms with Gasteiger partial charge in [-0.3, -0.25) is 9.59 Å². The molecule has 0 aromatic heterocycles. The first kappa shape index (κ1) is 22.7. The lowest BCUT2D eigenvalue weighted by molar-refractivity contribution is -0.166. The molecule has 1 aliphatic carbocycles. The number of carbonyl (C=O) groups is 2. The summed E-state index contributed by atoms with van der Waals surface area (Å²) in [7, 11) is 0. The standard InChI is InChI=1S/C22H38O4/c1-7-8-14-26-20(24)22(6)13-10-9-11-18(22)19(23)25-15-12-17(2)16-21(3,4)5/h10,13,17-18H,7-9,11-12,14-16H2,1-6H3. The Morgan fingerprint density at radius 3 is 2.54 bits per heavy atom. The van der Waals surface area contributed by atoms with Gasteiger partial charge in [0.1, 0.15) is 0 Å². The smallest absolute Gasteiger partial charge is 0.316 e. The minimum atomic E-state index is -0.917. The van der Waals surface area contributed by atoms with Crippen molar-refractivity contribution in [3.8, 4) is 0 Å². The maximum absolute atomic E-state index is 12.7. The van der Waals surface area contributed by atoms with Gasteiger partial charge in [0, 0.05) is 0 Å². The van der Waals surface area contributed by atoms with Crippen LogP contribution in [0.1, 0.15) is 80.1 Å². The molecule has 0 aliphatic heterocycles. The van der Waals surface area contributed by atoms with Crippen LogP contribution in [-0.4, -0.2) is 25.2 Å².